The number of aliphatic hydroxyl groups is 1. The van der Waals surface area contributed by atoms with Gasteiger partial charge in [0.1, 0.15) is 0 Å². The quantitative estimate of drug-likeness (QED) is 0.701. The Bertz CT molecular complexity index is 297. The van der Waals surface area contributed by atoms with Gasteiger partial charge in [0.15, 0.2) is 0 Å². The van der Waals surface area contributed by atoms with Gasteiger partial charge >= 0.3 is 0 Å². The molecule has 0 aliphatic rings. The van der Waals surface area contributed by atoms with E-state index < -0.39 is 0 Å². The third kappa shape index (κ3) is 4.45. The topological polar surface area (TPSA) is 32.3 Å². The molecule has 0 fully saturated rings. The maximum absolute atomic E-state index is 8.62. The minimum atomic E-state index is 0.297. The van der Waals surface area contributed by atoms with Crippen molar-refractivity contribution < 1.29 is 5.11 Å². The van der Waals surface area contributed by atoms with Gasteiger partial charge < -0.3 is 10.4 Å². The number of aliphatic hydroxyl groups excluding tert-OH is 1. The Morgan fingerprint density at radius 2 is 1.93 bits per heavy atom. The molecule has 2 N–H and O–H groups in total. The molecule has 1 aromatic carbocycles. The predicted octanol–water partition coefficient (Wildman–Crippen LogP) is 2.17. The predicted molar refractivity (Wildman–Crippen MR) is 63.9 cm³/mol. The van der Waals surface area contributed by atoms with Crippen molar-refractivity contribution in [1.29, 1.82) is 0 Å². The molecular weight excluding hydrogens is 186 g/mol. The number of benzene rings is 1. The molecule has 2 heteroatoms. The summed E-state index contributed by atoms with van der Waals surface area (Å²) < 4.78 is 0. The van der Waals surface area contributed by atoms with Crippen LogP contribution in [0, 0.1) is 13.8 Å². The van der Waals surface area contributed by atoms with E-state index in [1.54, 1.807) is 0 Å². The first-order valence-electron chi connectivity index (χ1n) is 5.61. The van der Waals surface area contributed by atoms with Gasteiger partial charge in [-0.2, -0.15) is 0 Å². The van der Waals surface area contributed by atoms with Gasteiger partial charge in [-0.15, -0.1) is 0 Å². The molecule has 0 aliphatic carbocycles. The summed E-state index contributed by atoms with van der Waals surface area (Å²) in [6.07, 6.45) is 1.93. The minimum absolute atomic E-state index is 0.297. The molecule has 0 saturated carbocycles. The van der Waals surface area contributed by atoms with Crippen LogP contribution in [-0.4, -0.2) is 18.3 Å². The Balaban J connectivity index is 2.28. The van der Waals surface area contributed by atoms with E-state index in [1.807, 2.05) is 0 Å². The monoisotopic (exact) mass is 207 g/mol. The van der Waals surface area contributed by atoms with Crippen molar-refractivity contribution in [2.45, 2.75) is 33.2 Å². The lowest BCUT2D eigenvalue weighted by atomic mass is 10.1. The molecule has 1 aromatic rings. The molecule has 0 aromatic heterocycles. The second kappa shape index (κ2) is 6.59. The van der Waals surface area contributed by atoms with Crippen molar-refractivity contribution in [2.75, 3.05) is 13.2 Å². The SMILES string of the molecule is Cc1ccc(CNCCCCO)cc1C. The summed E-state index contributed by atoms with van der Waals surface area (Å²) in [4.78, 5) is 0. The first-order chi connectivity index (χ1) is 7.24. The van der Waals surface area contributed by atoms with Gasteiger partial charge in [-0.05, 0) is 49.9 Å². The van der Waals surface area contributed by atoms with Crippen LogP contribution in [0.2, 0.25) is 0 Å². The standard InChI is InChI=1S/C13H21NO/c1-11-5-6-13(9-12(11)2)10-14-7-3-4-8-15/h5-6,9,14-15H,3-4,7-8,10H2,1-2H3. The van der Waals surface area contributed by atoms with E-state index in [1.165, 1.54) is 16.7 Å². The van der Waals surface area contributed by atoms with Crippen LogP contribution in [0.1, 0.15) is 29.5 Å². The zero-order valence-corrected chi connectivity index (χ0v) is 9.71. The Morgan fingerprint density at radius 3 is 2.60 bits per heavy atom. The lowest BCUT2D eigenvalue weighted by Crippen LogP contribution is -2.15. The fraction of sp³-hybridized carbons (Fsp3) is 0.538. The van der Waals surface area contributed by atoms with Crippen LogP contribution in [0.15, 0.2) is 18.2 Å². The average molecular weight is 207 g/mol. The second-order valence-corrected chi connectivity index (χ2v) is 4.03. The van der Waals surface area contributed by atoms with Crippen molar-refractivity contribution in [3.05, 3.63) is 34.9 Å². The molecule has 0 heterocycles. The summed E-state index contributed by atoms with van der Waals surface area (Å²) >= 11 is 0. The van der Waals surface area contributed by atoms with Crippen LogP contribution in [0.25, 0.3) is 0 Å². The van der Waals surface area contributed by atoms with Crippen molar-refractivity contribution in [2.24, 2.45) is 0 Å². The maximum atomic E-state index is 8.62. The van der Waals surface area contributed by atoms with E-state index in [9.17, 15) is 0 Å². The van der Waals surface area contributed by atoms with Crippen LogP contribution in [0.3, 0.4) is 0 Å². The number of hydrogen-bond donors (Lipinski definition) is 2. The van der Waals surface area contributed by atoms with Gasteiger partial charge in [0, 0.05) is 13.2 Å². The molecule has 0 unspecified atom stereocenters. The Labute approximate surface area is 92.3 Å². The smallest absolute Gasteiger partial charge is 0.0431 e. The summed E-state index contributed by atoms with van der Waals surface area (Å²) in [5.41, 5.74) is 4.03. The highest BCUT2D eigenvalue weighted by Crippen LogP contribution is 2.09. The molecule has 0 spiro atoms. The van der Waals surface area contributed by atoms with Gasteiger partial charge in [-0.1, -0.05) is 18.2 Å². The van der Waals surface area contributed by atoms with Crippen LogP contribution < -0.4 is 5.32 Å². The first kappa shape index (κ1) is 12.2. The van der Waals surface area contributed by atoms with Gasteiger partial charge in [0.05, 0.1) is 0 Å². The number of hydrogen-bond acceptors (Lipinski definition) is 2. The molecule has 0 aliphatic heterocycles. The Kier molecular flexibility index (Phi) is 5.37. The second-order valence-electron chi connectivity index (χ2n) is 4.03. The molecule has 0 saturated heterocycles. The summed E-state index contributed by atoms with van der Waals surface area (Å²) in [5.74, 6) is 0. The Morgan fingerprint density at radius 1 is 1.13 bits per heavy atom. The molecule has 0 atom stereocenters. The van der Waals surface area contributed by atoms with Crippen molar-refractivity contribution >= 4 is 0 Å². The van der Waals surface area contributed by atoms with Crippen LogP contribution in [0.5, 0.6) is 0 Å². The highest BCUT2D eigenvalue weighted by atomic mass is 16.2. The maximum Gasteiger partial charge on any atom is 0.0431 e. The third-order valence-corrected chi connectivity index (χ3v) is 2.66. The number of nitrogens with one attached hydrogen (secondary N) is 1. The van der Waals surface area contributed by atoms with Crippen molar-refractivity contribution in [3.8, 4) is 0 Å². The van der Waals surface area contributed by atoms with Gasteiger partial charge in [0.25, 0.3) is 0 Å². The number of aryl methyl sites for hydroxylation is 2. The molecule has 0 bridgehead atoms. The summed E-state index contributed by atoms with van der Waals surface area (Å²) in [6, 6.07) is 6.57. The first-order valence-corrected chi connectivity index (χ1v) is 5.61. The molecular formula is C13H21NO. The molecule has 84 valence electrons. The highest BCUT2D eigenvalue weighted by molar-refractivity contribution is 5.29. The molecule has 0 amide bonds. The van der Waals surface area contributed by atoms with Crippen LogP contribution in [0.4, 0.5) is 0 Å². The van der Waals surface area contributed by atoms with E-state index in [0.29, 0.717) is 6.61 Å². The zero-order valence-electron chi connectivity index (χ0n) is 9.71. The van der Waals surface area contributed by atoms with E-state index in [4.69, 9.17) is 5.11 Å². The molecule has 2 nitrogen and oxygen atoms in total. The van der Waals surface area contributed by atoms with E-state index in [-0.39, 0.29) is 0 Å². The third-order valence-electron chi connectivity index (χ3n) is 2.66. The Hall–Kier alpha value is -0.860. The summed E-state index contributed by atoms with van der Waals surface area (Å²) in [7, 11) is 0. The fourth-order valence-corrected chi connectivity index (χ4v) is 1.51. The normalized spacial score (nSPS) is 10.6. The van der Waals surface area contributed by atoms with Crippen molar-refractivity contribution in [1.82, 2.24) is 5.32 Å². The molecule has 0 radical (unpaired) electrons. The lowest BCUT2D eigenvalue weighted by Gasteiger charge is -2.06. The highest BCUT2D eigenvalue weighted by Gasteiger charge is 1.95. The van der Waals surface area contributed by atoms with E-state index >= 15 is 0 Å². The van der Waals surface area contributed by atoms with Crippen LogP contribution in [-0.2, 0) is 6.54 Å². The average Bonchev–Trinajstić information content (AvgIpc) is 2.23. The van der Waals surface area contributed by atoms with Gasteiger partial charge in [-0.3, -0.25) is 0 Å². The van der Waals surface area contributed by atoms with Crippen molar-refractivity contribution in [3.63, 3.8) is 0 Å². The molecule has 15 heavy (non-hydrogen) atoms. The number of rotatable bonds is 6. The van der Waals surface area contributed by atoms with Crippen LogP contribution >= 0.6 is 0 Å². The largest absolute Gasteiger partial charge is 0.396 e. The van der Waals surface area contributed by atoms with Gasteiger partial charge in [0.2, 0.25) is 0 Å². The van der Waals surface area contributed by atoms with E-state index in [0.717, 1.165) is 25.9 Å². The minimum Gasteiger partial charge on any atom is -0.396 e. The summed E-state index contributed by atoms with van der Waals surface area (Å²) in [6.45, 7) is 6.48. The lowest BCUT2D eigenvalue weighted by molar-refractivity contribution is 0.283. The van der Waals surface area contributed by atoms with E-state index in [2.05, 4.69) is 37.4 Å². The number of unbranched alkanes of at least 4 members (excludes halogenated alkanes) is 1. The zero-order chi connectivity index (χ0) is 11.1. The fourth-order valence-electron chi connectivity index (χ4n) is 1.51. The molecule has 1 rings (SSSR count). The van der Waals surface area contributed by atoms with Gasteiger partial charge in [-0.25, -0.2) is 0 Å². The summed E-state index contributed by atoms with van der Waals surface area (Å²) in [5, 5.41) is 12.0.